The van der Waals surface area contributed by atoms with Crippen molar-refractivity contribution in [2.45, 2.75) is 25.4 Å². The number of rotatable bonds is 5. The first-order valence-corrected chi connectivity index (χ1v) is 6.62. The van der Waals surface area contributed by atoms with Crippen LogP contribution in [0.25, 0.3) is 0 Å². The largest absolute Gasteiger partial charge is 0.480 e. The van der Waals surface area contributed by atoms with E-state index >= 15 is 0 Å². The summed E-state index contributed by atoms with van der Waals surface area (Å²) in [5.41, 5.74) is 7.55. The lowest BCUT2D eigenvalue weighted by Crippen LogP contribution is -2.43. The molecule has 1 heterocycles. The number of carbonyl (C=O) groups excluding carboxylic acids is 2. The maximum atomic E-state index is 12.1. The van der Waals surface area contributed by atoms with Crippen LogP contribution < -0.4 is 16.4 Å². The van der Waals surface area contributed by atoms with Gasteiger partial charge >= 0.3 is 5.97 Å². The molecule has 0 saturated carbocycles. The van der Waals surface area contributed by atoms with Crippen LogP contribution in [0.5, 0.6) is 0 Å². The van der Waals surface area contributed by atoms with Crippen LogP contribution in [-0.2, 0) is 22.6 Å². The fourth-order valence-corrected chi connectivity index (χ4v) is 2.26. The minimum atomic E-state index is -1.32. The van der Waals surface area contributed by atoms with E-state index in [1.54, 1.807) is 12.1 Å². The molecule has 0 radical (unpaired) electrons. The lowest BCUT2D eigenvalue weighted by Gasteiger charge is -2.18. The van der Waals surface area contributed by atoms with E-state index in [0.29, 0.717) is 12.1 Å². The van der Waals surface area contributed by atoms with E-state index in [1.807, 2.05) is 6.07 Å². The highest BCUT2D eigenvalue weighted by Crippen LogP contribution is 2.16. The Hall–Kier alpha value is -2.41. The van der Waals surface area contributed by atoms with Gasteiger partial charge in [-0.05, 0) is 36.2 Å². The molecule has 112 valence electrons. The lowest BCUT2D eigenvalue weighted by atomic mass is 9.98. The molecular formula is C14H17N3O4. The molecule has 7 heteroatoms. The first-order valence-electron chi connectivity index (χ1n) is 6.62. The van der Waals surface area contributed by atoms with Crippen molar-refractivity contribution in [2.24, 2.45) is 5.73 Å². The van der Waals surface area contributed by atoms with Crippen molar-refractivity contribution in [3.63, 3.8) is 0 Å². The normalized spacial score (nSPS) is 14.9. The number of nitrogens with two attached hydrogens (primary N) is 1. The molecule has 0 unspecified atom stereocenters. The summed E-state index contributed by atoms with van der Waals surface area (Å²) in [5, 5.41) is 14.5. The van der Waals surface area contributed by atoms with Gasteiger partial charge in [-0.1, -0.05) is 6.07 Å². The Morgan fingerprint density at radius 1 is 1.33 bits per heavy atom. The molecule has 0 spiro atoms. The highest BCUT2D eigenvalue weighted by molar-refractivity contribution is 5.97. The van der Waals surface area contributed by atoms with E-state index in [0.717, 1.165) is 18.5 Å². The van der Waals surface area contributed by atoms with Crippen molar-refractivity contribution in [2.75, 3.05) is 6.54 Å². The quantitative estimate of drug-likeness (QED) is 0.576. The fourth-order valence-electron chi connectivity index (χ4n) is 2.26. The average Bonchev–Trinajstić information content (AvgIpc) is 2.45. The van der Waals surface area contributed by atoms with Gasteiger partial charge in [-0.3, -0.25) is 9.59 Å². The van der Waals surface area contributed by atoms with Crippen LogP contribution in [0, 0.1) is 0 Å². The summed E-state index contributed by atoms with van der Waals surface area (Å²) in [7, 11) is 0. The third-order valence-corrected chi connectivity index (χ3v) is 3.36. The van der Waals surface area contributed by atoms with Gasteiger partial charge in [0.2, 0.25) is 5.91 Å². The van der Waals surface area contributed by atoms with Gasteiger partial charge in [-0.2, -0.15) is 0 Å². The van der Waals surface area contributed by atoms with E-state index in [9.17, 15) is 14.4 Å². The number of amides is 2. The predicted octanol–water partition coefficient (Wildman–Crippen LogP) is -0.609. The van der Waals surface area contributed by atoms with Gasteiger partial charge in [0.25, 0.3) is 5.91 Å². The number of carboxylic acids is 1. The zero-order valence-electron chi connectivity index (χ0n) is 11.4. The molecule has 0 bridgehead atoms. The number of benzene rings is 1. The highest BCUT2D eigenvalue weighted by Gasteiger charge is 2.23. The first-order chi connectivity index (χ1) is 9.97. The van der Waals surface area contributed by atoms with Crippen molar-refractivity contribution in [3.8, 4) is 0 Å². The van der Waals surface area contributed by atoms with E-state index < -0.39 is 30.2 Å². The van der Waals surface area contributed by atoms with Gasteiger partial charge < -0.3 is 21.5 Å². The van der Waals surface area contributed by atoms with Crippen molar-refractivity contribution in [1.82, 2.24) is 10.6 Å². The molecule has 2 amide bonds. The molecule has 5 N–H and O–H groups in total. The molecule has 1 aliphatic heterocycles. The number of nitrogens with one attached hydrogen (secondary N) is 2. The lowest BCUT2D eigenvalue weighted by molar-refractivity contribution is -0.140. The van der Waals surface area contributed by atoms with Crippen LogP contribution in [0.2, 0.25) is 0 Å². The van der Waals surface area contributed by atoms with Crippen LogP contribution in [0.15, 0.2) is 18.2 Å². The van der Waals surface area contributed by atoms with Crippen molar-refractivity contribution >= 4 is 17.8 Å². The highest BCUT2D eigenvalue weighted by atomic mass is 16.4. The maximum absolute atomic E-state index is 12.1. The zero-order valence-corrected chi connectivity index (χ0v) is 11.4. The summed E-state index contributed by atoms with van der Waals surface area (Å²) in [6.07, 6.45) is 0.463. The van der Waals surface area contributed by atoms with E-state index in [4.69, 9.17) is 10.8 Å². The average molecular weight is 291 g/mol. The van der Waals surface area contributed by atoms with E-state index in [2.05, 4.69) is 10.6 Å². The number of hydrogen-bond donors (Lipinski definition) is 4. The molecule has 1 aliphatic rings. The van der Waals surface area contributed by atoms with Crippen molar-refractivity contribution < 1.29 is 19.5 Å². The topological polar surface area (TPSA) is 122 Å². The Labute approximate surface area is 121 Å². The third kappa shape index (κ3) is 3.79. The second kappa shape index (κ2) is 6.36. The Bertz CT molecular complexity index is 586. The SMILES string of the molecule is NC(=O)C[C@H](NC(=O)c1ccc2c(c1)CNCC2)C(=O)O. The molecule has 1 atom stereocenters. The summed E-state index contributed by atoms with van der Waals surface area (Å²) in [6, 6.07) is 3.95. The molecule has 0 aliphatic carbocycles. The first kappa shape index (κ1) is 15.0. The molecule has 2 rings (SSSR count). The summed E-state index contributed by atoms with van der Waals surface area (Å²) < 4.78 is 0. The smallest absolute Gasteiger partial charge is 0.326 e. The van der Waals surface area contributed by atoms with E-state index in [1.165, 1.54) is 5.56 Å². The van der Waals surface area contributed by atoms with Gasteiger partial charge in [0, 0.05) is 12.1 Å². The molecule has 1 aromatic carbocycles. The van der Waals surface area contributed by atoms with Crippen LogP contribution in [0.4, 0.5) is 0 Å². The van der Waals surface area contributed by atoms with Crippen molar-refractivity contribution in [3.05, 3.63) is 34.9 Å². The molecule has 1 aromatic rings. The van der Waals surface area contributed by atoms with Crippen LogP contribution in [0.1, 0.15) is 27.9 Å². The Morgan fingerprint density at radius 2 is 2.10 bits per heavy atom. The monoisotopic (exact) mass is 291 g/mol. The summed E-state index contributed by atoms with van der Waals surface area (Å²) in [6.45, 7) is 1.58. The molecule has 0 saturated heterocycles. The van der Waals surface area contributed by atoms with Gasteiger partial charge in [-0.15, -0.1) is 0 Å². The number of primary amides is 1. The Balaban J connectivity index is 2.12. The van der Waals surface area contributed by atoms with Crippen LogP contribution in [-0.4, -0.2) is 35.5 Å². The van der Waals surface area contributed by atoms with Gasteiger partial charge in [0.1, 0.15) is 6.04 Å². The second-order valence-corrected chi connectivity index (χ2v) is 4.94. The molecule has 0 fully saturated rings. The van der Waals surface area contributed by atoms with Crippen LogP contribution in [0.3, 0.4) is 0 Å². The van der Waals surface area contributed by atoms with Gasteiger partial charge in [0.05, 0.1) is 6.42 Å². The Morgan fingerprint density at radius 3 is 2.76 bits per heavy atom. The molecule has 7 nitrogen and oxygen atoms in total. The standard InChI is InChI=1S/C14H17N3O4/c15-12(18)6-11(14(20)21)17-13(19)9-2-1-8-3-4-16-7-10(8)5-9/h1-2,5,11,16H,3-4,6-7H2,(H2,15,18)(H,17,19)(H,20,21)/t11-/m0/s1. The number of carboxylic acid groups (broad SMARTS) is 1. The minimum Gasteiger partial charge on any atom is -0.480 e. The van der Waals surface area contributed by atoms with Crippen LogP contribution >= 0.6 is 0 Å². The summed E-state index contributed by atoms with van der Waals surface area (Å²) in [5.74, 6) is -2.60. The summed E-state index contributed by atoms with van der Waals surface area (Å²) in [4.78, 5) is 33.9. The van der Waals surface area contributed by atoms with E-state index in [-0.39, 0.29) is 0 Å². The third-order valence-electron chi connectivity index (χ3n) is 3.36. The molecular weight excluding hydrogens is 274 g/mol. The predicted molar refractivity (Wildman–Crippen MR) is 74.6 cm³/mol. The molecule has 0 aromatic heterocycles. The number of fused-ring (bicyclic) bond motifs is 1. The Kier molecular flexibility index (Phi) is 4.54. The van der Waals surface area contributed by atoms with Gasteiger partial charge in [-0.25, -0.2) is 4.79 Å². The van der Waals surface area contributed by atoms with Crippen molar-refractivity contribution in [1.29, 1.82) is 0 Å². The zero-order chi connectivity index (χ0) is 15.4. The molecule has 21 heavy (non-hydrogen) atoms. The number of hydrogen-bond acceptors (Lipinski definition) is 4. The minimum absolute atomic E-state index is 0.369. The summed E-state index contributed by atoms with van der Waals surface area (Å²) >= 11 is 0. The maximum Gasteiger partial charge on any atom is 0.326 e. The number of carbonyl (C=O) groups is 3. The van der Waals surface area contributed by atoms with Gasteiger partial charge in [0.15, 0.2) is 0 Å². The second-order valence-electron chi connectivity index (χ2n) is 4.94. The fraction of sp³-hybridized carbons (Fsp3) is 0.357. The number of aliphatic carboxylic acids is 1.